The maximum Gasteiger partial charge on any atom is 0.343 e. The Morgan fingerprint density at radius 3 is 2.16 bits per heavy atom. The van der Waals surface area contributed by atoms with Gasteiger partial charge in [-0.15, -0.1) is 0 Å². The van der Waals surface area contributed by atoms with Gasteiger partial charge >= 0.3 is 23.9 Å². The summed E-state index contributed by atoms with van der Waals surface area (Å²) in [5, 5.41) is 61.3. The maximum absolute atomic E-state index is 12.2. The topological polar surface area (TPSA) is 217 Å². The molecular formula is C25H30O13. The second-order valence-electron chi connectivity index (χ2n) is 9.61. The third-order valence-electron chi connectivity index (χ3n) is 7.04. The number of ether oxygens (including phenoxy) is 3. The molecule has 0 amide bonds. The molecular weight excluding hydrogens is 508 g/mol. The Bertz CT molecular complexity index is 1120. The molecule has 13 nitrogen and oxygen atoms in total. The Morgan fingerprint density at radius 1 is 1.05 bits per heavy atom. The lowest BCUT2D eigenvalue weighted by Crippen LogP contribution is -2.77. The van der Waals surface area contributed by atoms with Crippen molar-refractivity contribution < 1.29 is 64.0 Å². The molecule has 38 heavy (non-hydrogen) atoms. The highest BCUT2D eigenvalue weighted by Crippen LogP contribution is 2.54. The van der Waals surface area contributed by atoms with E-state index in [1.54, 1.807) is 6.92 Å². The van der Waals surface area contributed by atoms with Crippen molar-refractivity contribution in [1.82, 2.24) is 0 Å². The number of esters is 1. The van der Waals surface area contributed by atoms with Gasteiger partial charge in [0.25, 0.3) is 0 Å². The molecule has 2 unspecified atom stereocenters. The van der Waals surface area contributed by atoms with E-state index in [1.165, 1.54) is 6.92 Å². The van der Waals surface area contributed by atoms with Crippen LogP contribution in [-0.4, -0.2) is 95.9 Å². The molecule has 2 bridgehead atoms. The molecule has 3 rings (SSSR count). The zero-order valence-corrected chi connectivity index (χ0v) is 20.6. The third kappa shape index (κ3) is 4.56. The number of benzene rings is 1. The molecule has 1 aromatic rings. The predicted molar refractivity (Wildman–Crippen MR) is 125 cm³/mol. The Kier molecular flexibility index (Phi) is 8.01. The summed E-state index contributed by atoms with van der Waals surface area (Å²) in [5.41, 5.74) is -6.09. The number of hydrogen-bond acceptors (Lipinski definition) is 10. The lowest BCUT2D eigenvalue weighted by molar-refractivity contribution is -0.374. The summed E-state index contributed by atoms with van der Waals surface area (Å²) in [4.78, 5) is 47.9. The minimum atomic E-state index is -3.81. The highest BCUT2D eigenvalue weighted by atomic mass is 16.8. The first kappa shape index (κ1) is 29.2. The average Bonchev–Trinajstić information content (AvgIpc) is 3.04. The summed E-state index contributed by atoms with van der Waals surface area (Å²) in [6.45, 7) is 6.93. The van der Waals surface area contributed by atoms with Crippen molar-refractivity contribution in [3.63, 3.8) is 0 Å². The first-order chi connectivity index (χ1) is 17.6. The van der Waals surface area contributed by atoms with E-state index in [1.807, 2.05) is 30.3 Å². The number of aliphatic carboxylic acids is 3. The molecule has 0 aromatic heterocycles. The number of carbonyl (C=O) groups excluding carboxylic acids is 1. The minimum absolute atomic E-state index is 0.200. The van der Waals surface area contributed by atoms with Crippen molar-refractivity contribution in [2.24, 2.45) is 5.92 Å². The highest BCUT2D eigenvalue weighted by molar-refractivity contribution is 5.97. The number of aliphatic hydroxyl groups is 3. The Labute approximate surface area is 216 Å². The third-order valence-corrected chi connectivity index (χ3v) is 7.04. The second kappa shape index (κ2) is 10.4. The fourth-order valence-electron chi connectivity index (χ4n) is 5.17. The molecule has 2 aliphatic rings. The molecule has 6 N–H and O–H groups in total. The molecule has 1 aromatic carbocycles. The van der Waals surface area contributed by atoms with Crippen molar-refractivity contribution in [3.05, 3.63) is 48.0 Å². The van der Waals surface area contributed by atoms with Crippen molar-refractivity contribution in [2.45, 2.75) is 74.5 Å². The zero-order valence-electron chi connectivity index (χ0n) is 20.6. The lowest BCUT2D eigenvalue weighted by atomic mass is 9.74. The van der Waals surface area contributed by atoms with Crippen molar-refractivity contribution in [3.8, 4) is 0 Å². The molecule has 8 atom stereocenters. The standard InChI is InChI=1S/C25H30O13/c1-12(16(36-14(3)26)13(2)11-15-7-5-4-6-8-15)9-10-23-17(27)18(28)25(38-23,22(33)34)24(35,21(31)32)19(37-23)20(29)30/h4-8,13,16-19,27-28,35H,1,9-11H2,2-3H3,(H,29,30)(H,31,32)(H,33,34)/t13?,16?,17-,18-,19-,23+,24-,25+/m0/s1. The van der Waals surface area contributed by atoms with E-state index in [2.05, 4.69) is 6.58 Å². The first-order valence-corrected chi connectivity index (χ1v) is 11.7. The van der Waals surface area contributed by atoms with E-state index >= 15 is 0 Å². The van der Waals surface area contributed by atoms with E-state index in [0.29, 0.717) is 6.42 Å². The molecule has 0 radical (unpaired) electrons. The van der Waals surface area contributed by atoms with Gasteiger partial charge in [-0.3, -0.25) is 4.79 Å². The molecule has 2 saturated heterocycles. The molecule has 13 heteroatoms. The Hall–Kier alpha value is -3.36. The van der Waals surface area contributed by atoms with Gasteiger partial charge in [-0.25, -0.2) is 14.4 Å². The lowest BCUT2D eigenvalue weighted by Gasteiger charge is -2.48. The Morgan fingerprint density at radius 2 is 1.66 bits per heavy atom. The zero-order chi connectivity index (χ0) is 28.6. The van der Waals surface area contributed by atoms with E-state index in [-0.39, 0.29) is 17.9 Å². The van der Waals surface area contributed by atoms with Crippen LogP contribution in [0.3, 0.4) is 0 Å². The van der Waals surface area contributed by atoms with Gasteiger partial charge in [0.05, 0.1) is 0 Å². The molecule has 0 aliphatic carbocycles. The number of fused-ring (bicyclic) bond motifs is 2. The van der Waals surface area contributed by atoms with Gasteiger partial charge in [0.1, 0.15) is 18.3 Å². The summed E-state index contributed by atoms with van der Waals surface area (Å²) in [6.07, 6.45) is -8.75. The smallest absolute Gasteiger partial charge is 0.343 e. The van der Waals surface area contributed by atoms with Gasteiger partial charge in [0.2, 0.25) is 17.3 Å². The maximum atomic E-state index is 12.2. The van der Waals surface area contributed by atoms with Gasteiger partial charge in [0, 0.05) is 19.3 Å². The fourth-order valence-corrected chi connectivity index (χ4v) is 5.17. The first-order valence-electron chi connectivity index (χ1n) is 11.7. The van der Waals surface area contributed by atoms with Crippen molar-refractivity contribution in [2.75, 3.05) is 0 Å². The van der Waals surface area contributed by atoms with Crippen LogP contribution in [0.2, 0.25) is 0 Å². The van der Waals surface area contributed by atoms with E-state index in [0.717, 1.165) is 5.56 Å². The van der Waals surface area contributed by atoms with E-state index in [4.69, 9.17) is 14.2 Å². The summed E-state index contributed by atoms with van der Waals surface area (Å²) in [6, 6.07) is 9.28. The molecule has 2 aliphatic heterocycles. The van der Waals surface area contributed by atoms with Crippen LogP contribution in [0.1, 0.15) is 32.3 Å². The minimum Gasteiger partial charge on any atom is -0.479 e. The normalized spacial score (nSPS) is 33.7. The van der Waals surface area contributed by atoms with E-state index < -0.39 is 71.7 Å². The van der Waals surface area contributed by atoms with Crippen LogP contribution in [0.5, 0.6) is 0 Å². The number of aliphatic hydroxyl groups excluding tert-OH is 2. The summed E-state index contributed by atoms with van der Waals surface area (Å²) < 4.78 is 16.0. The number of carbonyl (C=O) groups is 4. The monoisotopic (exact) mass is 538 g/mol. The predicted octanol–water partition coefficient (Wildman–Crippen LogP) is -0.296. The second-order valence-corrected chi connectivity index (χ2v) is 9.61. The van der Waals surface area contributed by atoms with Crippen LogP contribution in [0.4, 0.5) is 0 Å². The molecule has 2 fully saturated rings. The van der Waals surface area contributed by atoms with Gasteiger partial charge < -0.3 is 44.8 Å². The van der Waals surface area contributed by atoms with Gasteiger partial charge in [-0.2, -0.15) is 0 Å². The van der Waals surface area contributed by atoms with Crippen LogP contribution < -0.4 is 0 Å². The average molecular weight is 539 g/mol. The van der Waals surface area contributed by atoms with Crippen LogP contribution in [-0.2, 0) is 39.8 Å². The van der Waals surface area contributed by atoms with Gasteiger partial charge in [-0.1, -0.05) is 43.8 Å². The molecule has 208 valence electrons. The molecule has 2 heterocycles. The summed E-state index contributed by atoms with van der Waals surface area (Å²) in [5.74, 6) is -10.1. The largest absolute Gasteiger partial charge is 0.479 e. The summed E-state index contributed by atoms with van der Waals surface area (Å²) in [7, 11) is 0. The molecule has 0 spiro atoms. The van der Waals surface area contributed by atoms with Crippen LogP contribution >= 0.6 is 0 Å². The quantitative estimate of drug-likeness (QED) is 0.158. The number of carboxylic acid groups (broad SMARTS) is 3. The van der Waals surface area contributed by atoms with Crippen molar-refractivity contribution >= 4 is 23.9 Å². The van der Waals surface area contributed by atoms with Crippen LogP contribution in [0.15, 0.2) is 42.5 Å². The van der Waals surface area contributed by atoms with Gasteiger partial charge in [0.15, 0.2) is 5.79 Å². The van der Waals surface area contributed by atoms with Crippen molar-refractivity contribution in [1.29, 1.82) is 0 Å². The van der Waals surface area contributed by atoms with Crippen LogP contribution in [0.25, 0.3) is 0 Å². The highest BCUT2D eigenvalue weighted by Gasteiger charge is 2.84. The van der Waals surface area contributed by atoms with Gasteiger partial charge in [-0.05, 0) is 24.0 Å². The number of carboxylic acids is 3. The molecule has 0 saturated carbocycles. The van der Waals surface area contributed by atoms with E-state index in [9.17, 15) is 49.8 Å². The summed E-state index contributed by atoms with van der Waals surface area (Å²) >= 11 is 0. The number of rotatable bonds is 11. The van der Waals surface area contributed by atoms with Crippen LogP contribution in [0, 0.1) is 5.92 Å². The number of hydrogen-bond donors (Lipinski definition) is 6. The Balaban J connectivity index is 1.93. The SMILES string of the molecule is C=C(CC[C@@]12O[C@@H](C(=O)O)[C@](O)(C(=O)O)[C@@](C(=O)O)(O1)[C@@H](O)[C@@H]2O)C(OC(C)=O)C(C)Cc1ccccc1. The fraction of sp³-hybridized carbons (Fsp3) is 0.520.